The Balaban J connectivity index is 1.82. The first-order valence-corrected chi connectivity index (χ1v) is 12.1. The zero-order chi connectivity index (χ0) is 26.7. The summed E-state index contributed by atoms with van der Waals surface area (Å²) >= 11 is 12.6. The second-order valence-corrected chi connectivity index (χ2v) is 9.12. The number of amides is 1. The van der Waals surface area contributed by atoms with Crippen LogP contribution >= 0.6 is 23.2 Å². The van der Waals surface area contributed by atoms with Gasteiger partial charge in [-0.15, -0.1) is 0 Å². The lowest BCUT2D eigenvalue weighted by atomic mass is 9.94. The van der Waals surface area contributed by atoms with E-state index in [0.717, 1.165) is 11.3 Å². The number of likely N-dealkylation sites (tertiary alicyclic amines) is 1. The van der Waals surface area contributed by atoms with Crippen LogP contribution in [0.15, 0.2) is 66.2 Å². The zero-order valence-corrected chi connectivity index (χ0v) is 22.0. The SMILES string of the molecule is COc1ccc(CCN2C(=O)C(=O)/C(=C(/O)c3cc(Cl)c(OC)c(Cl)c3)C2c2ccccc2OC)cc1. The molecule has 1 aliphatic heterocycles. The van der Waals surface area contributed by atoms with Crippen LogP contribution in [0.5, 0.6) is 17.2 Å². The highest BCUT2D eigenvalue weighted by atomic mass is 35.5. The van der Waals surface area contributed by atoms with Gasteiger partial charge in [0.05, 0.1) is 43.0 Å². The average Bonchev–Trinajstić information content (AvgIpc) is 3.16. The van der Waals surface area contributed by atoms with E-state index in [0.29, 0.717) is 17.7 Å². The predicted octanol–water partition coefficient (Wildman–Crippen LogP) is 5.68. The van der Waals surface area contributed by atoms with E-state index in [-0.39, 0.29) is 33.5 Å². The number of ketones is 1. The first-order chi connectivity index (χ1) is 17.8. The van der Waals surface area contributed by atoms with Crippen LogP contribution in [0.4, 0.5) is 0 Å². The van der Waals surface area contributed by atoms with Gasteiger partial charge in [0.1, 0.15) is 17.3 Å². The molecule has 0 saturated carbocycles. The van der Waals surface area contributed by atoms with Crippen molar-refractivity contribution in [2.24, 2.45) is 0 Å². The third-order valence-corrected chi connectivity index (χ3v) is 6.81. The van der Waals surface area contributed by atoms with Crippen molar-refractivity contribution in [1.82, 2.24) is 4.90 Å². The molecule has 0 spiro atoms. The fraction of sp³-hybridized carbons (Fsp3) is 0.214. The van der Waals surface area contributed by atoms with Gasteiger partial charge in [-0.05, 0) is 42.3 Å². The quantitative estimate of drug-likeness (QED) is 0.224. The molecule has 3 aromatic rings. The Bertz CT molecular complexity index is 1350. The monoisotopic (exact) mass is 541 g/mol. The van der Waals surface area contributed by atoms with Crippen molar-refractivity contribution in [2.45, 2.75) is 12.5 Å². The van der Waals surface area contributed by atoms with Gasteiger partial charge in [-0.1, -0.05) is 53.5 Å². The first-order valence-electron chi connectivity index (χ1n) is 11.4. The topological polar surface area (TPSA) is 85.3 Å². The summed E-state index contributed by atoms with van der Waals surface area (Å²) in [5.41, 5.74) is 1.62. The van der Waals surface area contributed by atoms with Gasteiger partial charge < -0.3 is 24.2 Å². The summed E-state index contributed by atoms with van der Waals surface area (Å²) in [5, 5.41) is 11.6. The van der Waals surface area contributed by atoms with Crippen LogP contribution in [0.3, 0.4) is 0 Å². The van der Waals surface area contributed by atoms with Crippen molar-refractivity contribution >= 4 is 40.7 Å². The van der Waals surface area contributed by atoms with E-state index in [2.05, 4.69) is 0 Å². The number of aliphatic hydroxyl groups excluding tert-OH is 1. The lowest BCUT2D eigenvalue weighted by Gasteiger charge is -2.26. The molecule has 1 heterocycles. The van der Waals surface area contributed by atoms with Crippen molar-refractivity contribution in [3.63, 3.8) is 0 Å². The highest BCUT2D eigenvalue weighted by Gasteiger charge is 2.46. The number of para-hydroxylation sites is 1. The van der Waals surface area contributed by atoms with E-state index < -0.39 is 23.5 Å². The molecule has 1 atom stereocenters. The average molecular weight is 542 g/mol. The molecule has 0 aromatic heterocycles. The molecule has 1 N–H and O–H groups in total. The van der Waals surface area contributed by atoms with Crippen molar-refractivity contribution in [1.29, 1.82) is 0 Å². The van der Waals surface area contributed by atoms with Gasteiger partial charge in [0.2, 0.25) is 0 Å². The number of ether oxygens (including phenoxy) is 3. The Hall–Kier alpha value is -3.68. The lowest BCUT2D eigenvalue weighted by Crippen LogP contribution is -2.31. The number of halogens is 2. The fourth-order valence-corrected chi connectivity index (χ4v) is 5.06. The maximum atomic E-state index is 13.3. The predicted molar refractivity (Wildman–Crippen MR) is 142 cm³/mol. The first kappa shape index (κ1) is 26.4. The summed E-state index contributed by atoms with van der Waals surface area (Å²) < 4.78 is 15.9. The van der Waals surface area contributed by atoms with E-state index >= 15 is 0 Å². The minimum atomic E-state index is -0.894. The van der Waals surface area contributed by atoms with Crippen molar-refractivity contribution in [3.8, 4) is 17.2 Å². The molecule has 0 bridgehead atoms. The van der Waals surface area contributed by atoms with Gasteiger partial charge in [0.15, 0.2) is 5.75 Å². The number of benzene rings is 3. The molecule has 9 heteroatoms. The number of aliphatic hydroxyl groups is 1. The molecule has 3 aromatic carbocycles. The molecule has 4 rings (SSSR count). The highest BCUT2D eigenvalue weighted by molar-refractivity contribution is 6.46. The molecule has 0 radical (unpaired) electrons. The molecule has 7 nitrogen and oxygen atoms in total. The molecule has 192 valence electrons. The summed E-state index contributed by atoms with van der Waals surface area (Å²) in [6.07, 6.45) is 0.475. The molecule has 1 aliphatic rings. The van der Waals surface area contributed by atoms with E-state index in [4.69, 9.17) is 37.4 Å². The minimum absolute atomic E-state index is 0.0819. The number of Topliss-reactive ketones (excluding diaryl/α,β-unsaturated/α-hetero) is 1. The number of rotatable bonds is 8. The summed E-state index contributed by atoms with van der Waals surface area (Å²) in [4.78, 5) is 28.1. The van der Waals surface area contributed by atoms with E-state index in [1.807, 2.05) is 24.3 Å². The number of carbonyl (C=O) groups excluding carboxylic acids is 2. The minimum Gasteiger partial charge on any atom is -0.507 e. The van der Waals surface area contributed by atoms with Crippen LogP contribution in [0, 0.1) is 0 Å². The maximum absolute atomic E-state index is 13.3. The zero-order valence-electron chi connectivity index (χ0n) is 20.5. The van der Waals surface area contributed by atoms with E-state index in [1.165, 1.54) is 31.3 Å². The smallest absolute Gasteiger partial charge is 0.295 e. The van der Waals surface area contributed by atoms with Gasteiger partial charge in [0, 0.05) is 17.7 Å². The number of carbonyl (C=O) groups is 2. The molecule has 1 amide bonds. The molecular formula is C28H25Cl2NO6. The Morgan fingerprint density at radius 3 is 2.16 bits per heavy atom. The molecule has 37 heavy (non-hydrogen) atoms. The summed E-state index contributed by atoms with van der Waals surface area (Å²) in [7, 11) is 4.51. The Morgan fingerprint density at radius 1 is 0.919 bits per heavy atom. The summed E-state index contributed by atoms with van der Waals surface area (Å²) in [6.45, 7) is 0.223. The summed E-state index contributed by atoms with van der Waals surface area (Å²) in [6, 6.07) is 16.5. The molecule has 1 saturated heterocycles. The largest absolute Gasteiger partial charge is 0.507 e. The number of nitrogens with zero attached hydrogens (tertiary/aromatic N) is 1. The Morgan fingerprint density at radius 2 is 1.57 bits per heavy atom. The van der Waals surface area contributed by atoms with Gasteiger partial charge in [-0.25, -0.2) is 0 Å². The highest BCUT2D eigenvalue weighted by Crippen LogP contribution is 2.44. The van der Waals surface area contributed by atoms with Crippen LogP contribution in [-0.2, 0) is 16.0 Å². The Kier molecular flexibility index (Phi) is 7.95. The third-order valence-electron chi connectivity index (χ3n) is 6.25. The van der Waals surface area contributed by atoms with Crippen LogP contribution in [0.1, 0.15) is 22.7 Å². The molecular weight excluding hydrogens is 517 g/mol. The van der Waals surface area contributed by atoms with Crippen molar-refractivity contribution in [3.05, 3.63) is 93.0 Å². The molecule has 1 unspecified atom stereocenters. The molecule has 1 fully saturated rings. The van der Waals surface area contributed by atoms with Gasteiger partial charge >= 0.3 is 0 Å². The van der Waals surface area contributed by atoms with Gasteiger partial charge in [-0.3, -0.25) is 9.59 Å². The fourth-order valence-electron chi connectivity index (χ4n) is 4.42. The molecule has 0 aliphatic carbocycles. The van der Waals surface area contributed by atoms with Gasteiger partial charge in [0.25, 0.3) is 11.7 Å². The summed E-state index contributed by atoms with van der Waals surface area (Å²) in [5.74, 6) is -0.507. The van der Waals surface area contributed by atoms with Crippen molar-refractivity contribution < 1.29 is 28.9 Å². The van der Waals surface area contributed by atoms with E-state index in [1.54, 1.807) is 31.4 Å². The third kappa shape index (κ3) is 5.10. The van der Waals surface area contributed by atoms with Crippen LogP contribution < -0.4 is 14.2 Å². The standard InChI is InChI=1S/C28H25Cl2NO6/c1-35-18-10-8-16(9-11-18)12-13-31-24(19-6-4-5-7-22(19)36-2)23(26(33)28(31)34)25(32)17-14-20(29)27(37-3)21(30)15-17/h4-11,14-15,24,32H,12-13H2,1-3H3/b25-23+. The maximum Gasteiger partial charge on any atom is 0.295 e. The Labute approximate surface area is 224 Å². The van der Waals surface area contributed by atoms with Crippen LogP contribution in [0.2, 0.25) is 10.0 Å². The van der Waals surface area contributed by atoms with Crippen LogP contribution in [0.25, 0.3) is 5.76 Å². The second-order valence-electron chi connectivity index (χ2n) is 8.31. The van der Waals surface area contributed by atoms with Crippen molar-refractivity contribution in [2.75, 3.05) is 27.9 Å². The number of methoxy groups -OCH3 is 3. The number of hydrogen-bond donors (Lipinski definition) is 1. The van der Waals surface area contributed by atoms with Crippen LogP contribution in [-0.4, -0.2) is 49.6 Å². The number of hydrogen-bond acceptors (Lipinski definition) is 6. The van der Waals surface area contributed by atoms with Gasteiger partial charge in [-0.2, -0.15) is 0 Å². The normalized spacial score (nSPS) is 16.7. The second kappa shape index (κ2) is 11.2. The lowest BCUT2D eigenvalue weighted by molar-refractivity contribution is -0.139. The van der Waals surface area contributed by atoms with E-state index in [9.17, 15) is 14.7 Å².